The van der Waals surface area contributed by atoms with Crippen LogP contribution in [0.1, 0.15) is 12.0 Å². The van der Waals surface area contributed by atoms with Gasteiger partial charge in [0.25, 0.3) is 0 Å². The molecule has 2 aromatic rings. The molecular weight excluding hydrogens is 260 g/mol. The first-order valence-corrected chi connectivity index (χ1v) is 6.67. The van der Waals surface area contributed by atoms with Crippen molar-refractivity contribution in [3.8, 4) is 17.6 Å². The van der Waals surface area contributed by atoms with Crippen molar-refractivity contribution in [1.82, 2.24) is 9.78 Å². The zero-order valence-electron chi connectivity index (χ0n) is 10.6. The summed E-state index contributed by atoms with van der Waals surface area (Å²) in [6.07, 6.45) is 4.37. The van der Waals surface area contributed by atoms with E-state index in [4.69, 9.17) is 16.3 Å². The number of ether oxygens (including phenoxy) is 1. The van der Waals surface area contributed by atoms with Crippen molar-refractivity contribution < 1.29 is 4.74 Å². The van der Waals surface area contributed by atoms with E-state index in [9.17, 15) is 0 Å². The molecule has 0 aliphatic heterocycles. The van der Waals surface area contributed by atoms with Crippen LogP contribution in [0.4, 0.5) is 0 Å². The van der Waals surface area contributed by atoms with Gasteiger partial charge in [0.2, 0.25) is 0 Å². The van der Waals surface area contributed by atoms with Crippen molar-refractivity contribution >= 4 is 11.6 Å². The van der Waals surface area contributed by atoms with Crippen LogP contribution in [0.2, 0.25) is 0 Å². The standard InChI is InChI=1S/C15H15ClN2O/c16-8-2-1-5-14-6-3-7-15(13-14)19-12-11-18-10-4-9-17-18/h3-4,6-7,9-10,13H,2,8,11-12H2. The summed E-state index contributed by atoms with van der Waals surface area (Å²) in [5.74, 6) is 7.45. The molecule has 0 fully saturated rings. The van der Waals surface area contributed by atoms with Crippen LogP contribution in [-0.4, -0.2) is 22.3 Å². The van der Waals surface area contributed by atoms with Crippen molar-refractivity contribution in [2.75, 3.05) is 12.5 Å². The molecule has 0 atom stereocenters. The van der Waals surface area contributed by atoms with E-state index in [0.717, 1.165) is 17.9 Å². The molecule has 19 heavy (non-hydrogen) atoms. The van der Waals surface area contributed by atoms with Gasteiger partial charge in [0.1, 0.15) is 12.4 Å². The third-order valence-electron chi connectivity index (χ3n) is 2.43. The predicted molar refractivity (Wildman–Crippen MR) is 76.4 cm³/mol. The van der Waals surface area contributed by atoms with E-state index in [2.05, 4.69) is 16.9 Å². The SMILES string of the molecule is ClCCC#Cc1cccc(OCCn2cccn2)c1. The lowest BCUT2D eigenvalue weighted by atomic mass is 10.2. The van der Waals surface area contributed by atoms with Gasteiger partial charge in [-0.15, -0.1) is 11.6 Å². The van der Waals surface area contributed by atoms with Gasteiger partial charge in [-0.25, -0.2) is 0 Å². The molecule has 0 radical (unpaired) electrons. The molecule has 0 saturated carbocycles. The Kier molecular flexibility index (Phi) is 5.33. The van der Waals surface area contributed by atoms with Gasteiger partial charge in [-0.1, -0.05) is 17.9 Å². The molecule has 1 aromatic carbocycles. The molecule has 0 aliphatic rings. The maximum absolute atomic E-state index is 5.67. The molecule has 0 amide bonds. The maximum Gasteiger partial charge on any atom is 0.120 e. The molecule has 0 aliphatic carbocycles. The first kappa shape index (κ1) is 13.5. The van der Waals surface area contributed by atoms with Gasteiger partial charge in [0, 0.05) is 30.3 Å². The molecule has 0 spiro atoms. The minimum absolute atomic E-state index is 0.563. The van der Waals surface area contributed by atoms with Crippen molar-refractivity contribution in [3.63, 3.8) is 0 Å². The normalized spacial score (nSPS) is 9.74. The fraction of sp³-hybridized carbons (Fsp3) is 0.267. The molecule has 98 valence electrons. The fourth-order valence-corrected chi connectivity index (χ4v) is 1.66. The lowest BCUT2D eigenvalue weighted by Crippen LogP contribution is -2.08. The number of alkyl halides is 1. The van der Waals surface area contributed by atoms with E-state index in [0.29, 0.717) is 18.9 Å². The Morgan fingerprint density at radius 1 is 1.32 bits per heavy atom. The summed E-state index contributed by atoms with van der Waals surface area (Å²) >= 11 is 5.58. The molecule has 3 nitrogen and oxygen atoms in total. The van der Waals surface area contributed by atoms with E-state index in [1.165, 1.54) is 0 Å². The van der Waals surface area contributed by atoms with Crippen LogP contribution in [0, 0.1) is 11.8 Å². The molecule has 4 heteroatoms. The lowest BCUT2D eigenvalue weighted by Gasteiger charge is -2.06. The summed E-state index contributed by atoms with van der Waals surface area (Å²) in [6, 6.07) is 9.66. The molecule has 0 unspecified atom stereocenters. The van der Waals surface area contributed by atoms with E-state index >= 15 is 0 Å². The van der Waals surface area contributed by atoms with Crippen molar-refractivity contribution in [3.05, 3.63) is 48.3 Å². The summed E-state index contributed by atoms with van der Waals surface area (Å²) in [4.78, 5) is 0. The zero-order chi connectivity index (χ0) is 13.3. The number of aromatic nitrogens is 2. The summed E-state index contributed by atoms with van der Waals surface area (Å²) in [5.41, 5.74) is 0.946. The van der Waals surface area contributed by atoms with E-state index < -0.39 is 0 Å². The Morgan fingerprint density at radius 3 is 3.05 bits per heavy atom. The van der Waals surface area contributed by atoms with E-state index in [1.54, 1.807) is 6.20 Å². The van der Waals surface area contributed by atoms with Crippen LogP contribution in [0.3, 0.4) is 0 Å². The minimum atomic E-state index is 0.563. The summed E-state index contributed by atoms with van der Waals surface area (Å²) in [6.45, 7) is 1.31. The fourth-order valence-electron chi connectivity index (χ4n) is 1.57. The molecule has 0 saturated heterocycles. The number of rotatable bonds is 5. The Labute approximate surface area is 118 Å². The molecule has 0 N–H and O–H groups in total. The average molecular weight is 275 g/mol. The highest BCUT2D eigenvalue weighted by molar-refractivity contribution is 6.18. The number of halogens is 1. The van der Waals surface area contributed by atoms with Crippen molar-refractivity contribution in [2.24, 2.45) is 0 Å². The highest BCUT2D eigenvalue weighted by atomic mass is 35.5. The van der Waals surface area contributed by atoms with Crippen LogP contribution < -0.4 is 4.74 Å². The Bertz CT molecular complexity index is 555. The first-order valence-electron chi connectivity index (χ1n) is 6.13. The average Bonchev–Trinajstić information content (AvgIpc) is 2.93. The number of benzene rings is 1. The summed E-state index contributed by atoms with van der Waals surface area (Å²) < 4.78 is 7.51. The lowest BCUT2D eigenvalue weighted by molar-refractivity contribution is 0.291. The second-order valence-corrected chi connectivity index (χ2v) is 4.26. The Balaban J connectivity index is 1.87. The smallest absolute Gasteiger partial charge is 0.120 e. The van der Waals surface area contributed by atoms with Crippen molar-refractivity contribution in [2.45, 2.75) is 13.0 Å². The molecular formula is C15H15ClN2O. The first-order chi connectivity index (χ1) is 9.38. The molecule has 1 heterocycles. The third kappa shape index (κ3) is 4.69. The molecule has 1 aromatic heterocycles. The second kappa shape index (κ2) is 7.50. The third-order valence-corrected chi connectivity index (χ3v) is 2.62. The quantitative estimate of drug-likeness (QED) is 0.619. The minimum Gasteiger partial charge on any atom is -0.492 e. The summed E-state index contributed by atoms with van der Waals surface area (Å²) in [5, 5.41) is 4.12. The second-order valence-electron chi connectivity index (χ2n) is 3.89. The number of nitrogens with zero attached hydrogens (tertiary/aromatic N) is 2. The van der Waals surface area contributed by atoms with Gasteiger partial charge in [-0.3, -0.25) is 4.68 Å². The van der Waals surface area contributed by atoms with Gasteiger partial charge in [0.05, 0.1) is 6.54 Å². The molecule has 0 bridgehead atoms. The monoisotopic (exact) mass is 274 g/mol. The number of hydrogen-bond acceptors (Lipinski definition) is 2. The van der Waals surface area contributed by atoms with E-state index in [-0.39, 0.29) is 0 Å². The summed E-state index contributed by atoms with van der Waals surface area (Å²) in [7, 11) is 0. The Hall–Kier alpha value is -1.92. The van der Waals surface area contributed by atoms with Crippen LogP contribution >= 0.6 is 11.6 Å². The Morgan fingerprint density at radius 2 is 2.26 bits per heavy atom. The van der Waals surface area contributed by atoms with Crippen molar-refractivity contribution in [1.29, 1.82) is 0 Å². The van der Waals surface area contributed by atoms with Gasteiger partial charge >= 0.3 is 0 Å². The largest absolute Gasteiger partial charge is 0.492 e. The highest BCUT2D eigenvalue weighted by Crippen LogP contribution is 2.12. The van der Waals surface area contributed by atoms with Gasteiger partial charge in [-0.2, -0.15) is 5.10 Å². The topological polar surface area (TPSA) is 27.1 Å². The molecule has 2 rings (SSSR count). The number of hydrogen-bond donors (Lipinski definition) is 0. The van der Waals surface area contributed by atoms with Gasteiger partial charge in [-0.05, 0) is 24.3 Å². The van der Waals surface area contributed by atoms with Gasteiger partial charge < -0.3 is 4.74 Å². The van der Waals surface area contributed by atoms with Crippen LogP contribution in [0.25, 0.3) is 0 Å². The van der Waals surface area contributed by atoms with Crippen LogP contribution in [-0.2, 0) is 6.54 Å². The van der Waals surface area contributed by atoms with Crippen LogP contribution in [0.5, 0.6) is 5.75 Å². The maximum atomic E-state index is 5.67. The highest BCUT2D eigenvalue weighted by Gasteiger charge is 1.96. The zero-order valence-corrected chi connectivity index (χ0v) is 11.3. The predicted octanol–water partition coefficient (Wildman–Crippen LogP) is 2.94. The van der Waals surface area contributed by atoms with Crippen LogP contribution in [0.15, 0.2) is 42.7 Å². The van der Waals surface area contributed by atoms with Gasteiger partial charge in [0.15, 0.2) is 0 Å². The van der Waals surface area contributed by atoms with E-state index in [1.807, 2.05) is 41.2 Å².